The van der Waals surface area contributed by atoms with E-state index in [4.69, 9.17) is 0 Å². The summed E-state index contributed by atoms with van der Waals surface area (Å²) in [4.78, 5) is 0. The lowest BCUT2D eigenvalue weighted by atomic mass is 9.91. The molecule has 0 amide bonds. The second kappa shape index (κ2) is 9.76. The Hall–Kier alpha value is -5.98. The molecule has 0 heterocycles. The predicted molar refractivity (Wildman–Crippen MR) is 200 cm³/mol. The van der Waals surface area contributed by atoms with E-state index in [0.29, 0.717) is 0 Å². The Morgan fingerprint density at radius 1 is 0.174 bits per heavy atom. The first kappa shape index (κ1) is 25.4. The Morgan fingerprint density at radius 2 is 0.413 bits per heavy atom. The molecule has 0 N–H and O–H groups in total. The molecule has 0 heteroatoms. The molecular weight excluding hydrogens is 553 g/mol. The van der Waals surface area contributed by atoms with Gasteiger partial charge < -0.3 is 0 Å². The minimum atomic E-state index is 1.24. The Labute approximate surface area is 266 Å². The fraction of sp³-hybridized carbons (Fsp3) is 0. The second-order valence-corrected chi connectivity index (χ2v) is 12.5. The zero-order valence-electron chi connectivity index (χ0n) is 25.2. The zero-order valence-corrected chi connectivity index (χ0v) is 25.2. The number of rotatable bonds is 2. The van der Waals surface area contributed by atoms with Crippen LogP contribution in [0.1, 0.15) is 0 Å². The van der Waals surface area contributed by atoms with Gasteiger partial charge in [-0.15, -0.1) is 0 Å². The van der Waals surface area contributed by atoms with E-state index >= 15 is 0 Å². The van der Waals surface area contributed by atoms with E-state index in [0.717, 1.165) is 0 Å². The van der Waals surface area contributed by atoms with Gasteiger partial charge in [0, 0.05) is 0 Å². The number of hydrogen-bond acceptors (Lipinski definition) is 0. The van der Waals surface area contributed by atoms with Crippen LogP contribution in [-0.2, 0) is 0 Å². The molecule has 0 nitrogen and oxygen atoms in total. The zero-order chi connectivity index (χ0) is 30.2. The Balaban J connectivity index is 1.09. The van der Waals surface area contributed by atoms with Crippen molar-refractivity contribution in [1.82, 2.24) is 0 Å². The molecule has 0 unspecified atom stereocenters. The summed E-state index contributed by atoms with van der Waals surface area (Å²) in [6.07, 6.45) is 0. The van der Waals surface area contributed by atoms with Crippen molar-refractivity contribution in [2.45, 2.75) is 0 Å². The van der Waals surface area contributed by atoms with Crippen molar-refractivity contribution in [2.75, 3.05) is 0 Å². The lowest BCUT2D eigenvalue weighted by Crippen LogP contribution is -1.86. The lowest BCUT2D eigenvalue weighted by Gasteiger charge is -2.13. The van der Waals surface area contributed by atoms with Crippen LogP contribution in [0.3, 0.4) is 0 Å². The van der Waals surface area contributed by atoms with Crippen molar-refractivity contribution in [3.05, 3.63) is 170 Å². The van der Waals surface area contributed by atoms with E-state index in [1.165, 1.54) is 97.7 Å². The quantitative estimate of drug-likeness (QED) is 0.178. The first-order valence-corrected chi connectivity index (χ1v) is 16.0. The molecule has 0 spiro atoms. The summed E-state index contributed by atoms with van der Waals surface area (Å²) >= 11 is 0. The molecule has 10 rings (SSSR count). The van der Waals surface area contributed by atoms with Gasteiger partial charge in [-0.3, -0.25) is 0 Å². The Kier molecular flexibility index (Phi) is 5.38. The minimum absolute atomic E-state index is 1.24. The first-order valence-electron chi connectivity index (χ1n) is 16.0. The molecule has 46 heavy (non-hydrogen) atoms. The maximum atomic E-state index is 2.38. The summed E-state index contributed by atoms with van der Waals surface area (Å²) in [6.45, 7) is 0. The van der Waals surface area contributed by atoms with Crippen LogP contribution in [0.4, 0.5) is 0 Å². The fourth-order valence-electron chi connectivity index (χ4n) is 7.78. The number of hydrogen-bond donors (Lipinski definition) is 0. The molecule has 10 aromatic carbocycles. The van der Waals surface area contributed by atoms with Crippen molar-refractivity contribution in [1.29, 1.82) is 0 Å². The summed E-state index contributed by atoms with van der Waals surface area (Å²) in [6, 6.07) is 62.8. The SMILES string of the molecule is c1ccc2c(c1)c1ccccc1c1cc(-c3ccc4cc(-c5ccc6c7ccccc7c7ccccc7c6c5)ccc4c3)ccc21. The standard InChI is InChI=1S/C46H28/c1-3-13-39-35(9-1)37-11-5-7-15-41(37)45-27-33(21-23-43(39)45)31-19-17-30-26-32(20-18-29(30)25-31)34-22-24-44-40-14-4-2-10-36(40)38-12-6-8-16-42(38)46(44)28-34/h1-28H. The van der Waals surface area contributed by atoms with Crippen LogP contribution in [-0.4, -0.2) is 0 Å². The molecule has 0 radical (unpaired) electrons. The van der Waals surface area contributed by atoms with Gasteiger partial charge in [0.05, 0.1) is 0 Å². The molecule has 0 atom stereocenters. The van der Waals surface area contributed by atoms with Crippen molar-refractivity contribution in [3.63, 3.8) is 0 Å². The Bertz CT molecular complexity index is 2590. The van der Waals surface area contributed by atoms with Crippen LogP contribution in [0.5, 0.6) is 0 Å². The van der Waals surface area contributed by atoms with E-state index in [-0.39, 0.29) is 0 Å². The van der Waals surface area contributed by atoms with Gasteiger partial charge in [0.2, 0.25) is 0 Å². The average Bonchev–Trinajstić information content (AvgIpc) is 3.14. The van der Waals surface area contributed by atoms with Crippen LogP contribution >= 0.6 is 0 Å². The van der Waals surface area contributed by atoms with Crippen molar-refractivity contribution < 1.29 is 0 Å². The van der Waals surface area contributed by atoms with Crippen LogP contribution in [0.2, 0.25) is 0 Å². The van der Waals surface area contributed by atoms with Gasteiger partial charge in [-0.05, 0) is 122 Å². The largest absolute Gasteiger partial charge is 0.0616 e. The second-order valence-electron chi connectivity index (χ2n) is 12.5. The third-order valence-corrected chi connectivity index (χ3v) is 10.00. The van der Waals surface area contributed by atoms with Crippen molar-refractivity contribution in [2.24, 2.45) is 0 Å². The van der Waals surface area contributed by atoms with Gasteiger partial charge in [-0.1, -0.05) is 146 Å². The van der Waals surface area contributed by atoms with E-state index in [2.05, 4.69) is 170 Å². The molecule has 0 bridgehead atoms. The Morgan fingerprint density at radius 3 is 0.739 bits per heavy atom. The molecular formula is C46H28. The highest BCUT2D eigenvalue weighted by molar-refractivity contribution is 6.27. The summed E-state index contributed by atoms with van der Waals surface area (Å²) < 4.78 is 0. The third kappa shape index (κ3) is 3.74. The minimum Gasteiger partial charge on any atom is -0.0616 e. The molecule has 212 valence electrons. The molecule has 0 saturated carbocycles. The normalized spacial score (nSPS) is 11.9. The molecule has 0 aliphatic rings. The molecule has 0 aliphatic heterocycles. The van der Waals surface area contributed by atoms with Crippen LogP contribution in [0, 0.1) is 0 Å². The van der Waals surface area contributed by atoms with Crippen molar-refractivity contribution >= 4 is 75.4 Å². The smallest absolute Gasteiger partial charge is 0.00928 e. The molecule has 0 aliphatic carbocycles. The summed E-state index contributed by atoms with van der Waals surface area (Å²) in [5.41, 5.74) is 4.96. The summed E-state index contributed by atoms with van der Waals surface area (Å²) in [5, 5.41) is 18.2. The van der Waals surface area contributed by atoms with Crippen LogP contribution in [0.25, 0.3) is 97.7 Å². The monoisotopic (exact) mass is 580 g/mol. The maximum absolute atomic E-state index is 2.38. The summed E-state index contributed by atoms with van der Waals surface area (Å²) in [5.74, 6) is 0. The number of fused-ring (bicyclic) bond motifs is 13. The molecule has 0 saturated heterocycles. The van der Waals surface area contributed by atoms with E-state index in [1.54, 1.807) is 0 Å². The van der Waals surface area contributed by atoms with Gasteiger partial charge >= 0.3 is 0 Å². The average molecular weight is 581 g/mol. The van der Waals surface area contributed by atoms with Gasteiger partial charge in [0.1, 0.15) is 0 Å². The molecule has 0 fully saturated rings. The van der Waals surface area contributed by atoms with Gasteiger partial charge in [-0.25, -0.2) is 0 Å². The summed E-state index contributed by atoms with van der Waals surface area (Å²) in [7, 11) is 0. The molecule has 0 aromatic heterocycles. The fourth-order valence-corrected chi connectivity index (χ4v) is 7.78. The van der Waals surface area contributed by atoms with E-state index in [1.807, 2.05) is 0 Å². The van der Waals surface area contributed by atoms with E-state index < -0.39 is 0 Å². The predicted octanol–water partition coefficient (Wildman–Crippen LogP) is 13.1. The van der Waals surface area contributed by atoms with Gasteiger partial charge in [-0.2, -0.15) is 0 Å². The highest BCUT2D eigenvalue weighted by Crippen LogP contribution is 2.39. The van der Waals surface area contributed by atoms with E-state index in [9.17, 15) is 0 Å². The maximum Gasteiger partial charge on any atom is -0.00928 e. The lowest BCUT2D eigenvalue weighted by molar-refractivity contribution is 1.66. The highest BCUT2D eigenvalue weighted by Gasteiger charge is 2.12. The van der Waals surface area contributed by atoms with Crippen molar-refractivity contribution in [3.8, 4) is 22.3 Å². The highest BCUT2D eigenvalue weighted by atomic mass is 14.2. The third-order valence-electron chi connectivity index (χ3n) is 10.00. The first-order chi connectivity index (χ1) is 22.8. The molecule has 10 aromatic rings. The number of benzene rings is 10. The van der Waals surface area contributed by atoms with Gasteiger partial charge in [0.25, 0.3) is 0 Å². The van der Waals surface area contributed by atoms with Gasteiger partial charge in [0.15, 0.2) is 0 Å². The van der Waals surface area contributed by atoms with Crippen LogP contribution in [0.15, 0.2) is 170 Å². The van der Waals surface area contributed by atoms with Crippen LogP contribution < -0.4 is 0 Å². The topological polar surface area (TPSA) is 0 Å².